The third-order valence-corrected chi connectivity index (χ3v) is 4.12. The van der Waals surface area contributed by atoms with Crippen molar-refractivity contribution in [2.75, 3.05) is 0 Å². The van der Waals surface area contributed by atoms with Gasteiger partial charge < -0.3 is 0 Å². The Hall–Kier alpha value is -1.40. The van der Waals surface area contributed by atoms with Gasteiger partial charge in [0.1, 0.15) is 0 Å². The second-order valence-corrected chi connectivity index (χ2v) is 6.24. The maximum Gasteiger partial charge on any atom is -0.00542 e. The third kappa shape index (κ3) is 15.0. The predicted octanol–water partition coefficient (Wildman–Crippen LogP) is 6.83. The molecule has 0 rings (SSSR count). The maximum atomic E-state index is 5.28. The molecule has 0 unspecified atom stereocenters. The number of hydrogen-bond acceptors (Lipinski definition) is 0. The predicted molar refractivity (Wildman–Crippen MR) is 101 cm³/mol. The Balaban J connectivity index is 3.09. The van der Waals surface area contributed by atoms with Gasteiger partial charge in [0.2, 0.25) is 0 Å². The van der Waals surface area contributed by atoms with E-state index in [-0.39, 0.29) is 0 Å². The van der Waals surface area contributed by atoms with E-state index in [1.807, 2.05) is 0 Å². The van der Waals surface area contributed by atoms with Gasteiger partial charge in [0.15, 0.2) is 0 Å². The lowest BCUT2D eigenvalue weighted by molar-refractivity contribution is 0.541. The minimum atomic E-state index is 0.948. The average molecular weight is 299 g/mol. The fourth-order valence-electron chi connectivity index (χ4n) is 2.59. The summed E-state index contributed by atoms with van der Waals surface area (Å²) in [6, 6.07) is 0. The van der Waals surface area contributed by atoms with E-state index in [2.05, 4.69) is 25.0 Å². The van der Waals surface area contributed by atoms with Gasteiger partial charge in [-0.2, -0.15) is 0 Å². The van der Waals surface area contributed by atoms with E-state index >= 15 is 0 Å². The summed E-state index contributed by atoms with van der Waals surface area (Å²) in [4.78, 5) is 0. The zero-order valence-corrected chi connectivity index (χ0v) is 14.5. The Kier molecular flexibility index (Phi) is 15.0. The maximum absolute atomic E-state index is 5.28. The van der Waals surface area contributed by atoms with E-state index in [1.54, 1.807) is 0 Å². The van der Waals surface area contributed by atoms with E-state index < -0.39 is 0 Å². The topological polar surface area (TPSA) is 0 Å². The molecule has 0 fully saturated rings. The highest BCUT2D eigenvalue weighted by Gasteiger charge is 1.95. The molecule has 22 heavy (non-hydrogen) atoms. The molecule has 0 bridgehead atoms. The molecule has 0 heteroatoms. The molecule has 0 atom stereocenters. The van der Waals surface area contributed by atoms with Crippen LogP contribution in [-0.4, -0.2) is 0 Å². The standard InChI is InChI=1S/C22H34/c1-5-21(3)19-17-15-13-11-9-7-8-10-12-14-16-18-20-22(4)6-2/h1-2H,3-4,7-20H2. The lowest BCUT2D eigenvalue weighted by Crippen LogP contribution is -1.84. The Bertz CT molecular complexity index is 334. The number of rotatable bonds is 15. The van der Waals surface area contributed by atoms with Crippen LogP contribution in [0.15, 0.2) is 24.3 Å². The lowest BCUT2D eigenvalue weighted by Gasteiger charge is -2.03. The van der Waals surface area contributed by atoms with Crippen LogP contribution in [0.4, 0.5) is 0 Å². The fraction of sp³-hybridized carbons (Fsp3) is 0.636. The monoisotopic (exact) mass is 298 g/mol. The summed E-state index contributed by atoms with van der Waals surface area (Å²) in [5.74, 6) is 5.22. The van der Waals surface area contributed by atoms with Crippen molar-refractivity contribution >= 4 is 0 Å². The van der Waals surface area contributed by atoms with Crippen molar-refractivity contribution in [1.82, 2.24) is 0 Å². The molecule has 0 spiro atoms. The molecule has 0 aromatic rings. The molecule has 0 heterocycles. The first-order chi connectivity index (χ1) is 10.7. The molecule has 0 nitrogen and oxygen atoms in total. The molecule has 0 aromatic carbocycles. The van der Waals surface area contributed by atoms with E-state index in [0.29, 0.717) is 0 Å². The van der Waals surface area contributed by atoms with Crippen molar-refractivity contribution in [2.24, 2.45) is 0 Å². The molecule has 0 aromatic heterocycles. The molecule has 0 saturated carbocycles. The molecular formula is C22H34. The van der Waals surface area contributed by atoms with Crippen molar-refractivity contribution in [1.29, 1.82) is 0 Å². The first-order valence-electron chi connectivity index (χ1n) is 8.99. The van der Waals surface area contributed by atoms with Crippen molar-refractivity contribution in [2.45, 2.75) is 89.9 Å². The highest BCUT2D eigenvalue weighted by molar-refractivity contribution is 5.21. The Labute approximate surface area is 139 Å². The van der Waals surface area contributed by atoms with Gasteiger partial charge >= 0.3 is 0 Å². The minimum absolute atomic E-state index is 0.948. The van der Waals surface area contributed by atoms with Crippen LogP contribution in [0.25, 0.3) is 0 Å². The van der Waals surface area contributed by atoms with Crippen LogP contribution in [0.3, 0.4) is 0 Å². The molecule has 122 valence electrons. The van der Waals surface area contributed by atoms with Crippen LogP contribution in [0.1, 0.15) is 89.9 Å². The van der Waals surface area contributed by atoms with Crippen molar-refractivity contribution in [3.8, 4) is 24.7 Å². The number of unbranched alkanes of at least 4 members (excludes halogenated alkanes) is 11. The van der Waals surface area contributed by atoms with E-state index in [9.17, 15) is 0 Å². The largest absolute Gasteiger partial charge is 0.115 e. The normalized spacial score (nSPS) is 9.91. The Morgan fingerprint density at radius 1 is 0.500 bits per heavy atom. The average Bonchev–Trinajstić information content (AvgIpc) is 2.54. The molecule has 0 radical (unpaired) electrons. The fourth-order valence-corrected chi connectivity index (χ4v) is 2.59. The first-order valence-corrected chi connectivity index (χ1v) is 8.99. The Morgan fingerprint density at radius 2 is 0.727 bits per heavy atom. The van der Waals surface area contributed by atoms with Gasteiger partial charge in [0.05, 0.1) is 0 Å². The van der Waals surface area contributed by atoms with Gasteiger partial charge in [0, 0.05) is 0 Å². The molecule has 0 aliphatic carbocycles. The summed E-state index contributed by atoms with van der Waals surface area (Å²) in [6.45, 7) is 7.66. The third-order valence-electron chi connectivity index (χ3n) is 4.12. The quantitative estimate of drug-likeness (QED) is 0.230. The summed E-state index contributed by atoms with van der Waals surface area (Å²) >= 11 is 0. The highest BCUT2D eigenvalue weighted by Crippen LogP contribution is 2.14. The van der Waals surface area contributed by atoms with Gasteiger partial charge in [-0.25, -0.2) is 0 Å². The van der Waals surface area contributed by atoms with Gasteiger partial charge in [-0.15, -0.1) is 12.8 Å². The summed E-state index contributed by atoms with van der Waals surface area (Å²) in [7, 11) is 0. The lowest BCUT2D eigenvalue weighted by atomic mass is 10.0. The summed E-state index contributed by atoms with van der Waals surface area (Å²) in [5, 5.41) is 0. The second-order valence-electron chi connectivity index (χ2n) is 6.24. The van der Waals surface area contributed by atoms with E-state index in [0.717, 1.165) is 24.0 Å². The highest BCUT2D eigenvalue weighted by atomic mass is 14.0. The van der Waals surface area contributed by atoms with Crippen LogP contribution >= 0.6 is 0 Å². The van der Waals surface area contributed by atoms with Crippen LogP contribution in [0, 0.1) is 24.7 Å². The summed E-state index contributed by atoms with van der Waals surface area (Å²) in [6.07, 6.45) is 28.6. The van der Waals surface area contributed by atoms with Crippen LogP contribution in [0.2, 0.25) is 0 Å². The van der Waals surface area contributed by atoms with Gasteiger partial charge in [0.25, 0.3) is 0 Å². The van der Waals surface area contributed by atoms with Crippen LogP contribution in [-0.2, 0) is 0 Å². The van der Waals surface area contributed by atoms with Crippen molar-refractivity contribution in [3.63, 3.8) is 0 Å². The number of allylic oxidation sites excluding steroid dienone is 2. The number of hydrogen-bond donors (Lipinski definition) is 0. The van der Waals surface area contributed by atoms with Gasteiger partial charge in [-0.1, -0.05) is 89.2 Å². The molecule has 0 aliphatic heterocycles. The van der Waals surface area contributed by atoms with E-state index in [4.69, 9.17) is 12.8 Å². The summed E-state index contributed by atoms with van der Waals surface area (Å²) in [5.41, 5.74) is 1.90. The van der Waals surface area contributed by atoms with E-state index in [1.165, 1.54) is 77.0 Å². The SMILES string of the molecule is C#CC(=C)CCCCCCCCCCCCCCC(=C)C#C. The first kappa shape index (κ1) is 20.6. The van der Waals surface area contributed by atoms with Gasteiger partial charge in [-0.3, -0.25) is 0 Å². The molecule has 0 N–H and O–H groups in total. The molecular weight excluding hydrogens is 264 g/mol. The minimum Gasteiger partial charge on any atom is -0.115 e. The molecule has 0 saturated heterocycles. The molecule has 0 aliphatic rings. The molecule has 0 amide bonds. The van der Waals surface area contributed by atoms with Crippen LogP contribution in [0.5, 0.6) is 0 Å². The second kappa shape index (κ2) is 16.0. The van der Waals surface area contributed by atoms with Crippen molar-refractivity contribution < 1.29 is 0 Å². The van der Waals surface area contributed by atoms with Crippen molar-refractivity contribution in [3.05, 3.63) is 24.3 Å². The number of terminal acetylenes is 2. The van der Waals surface area contributed by atoms with Crippen LogP contribution < -0.4 is 0 Å². The Morgan fingerprint density at radius 3 is 0.955 bits per heavy atom. The summed E-state index contributed by atoms with van der Waals surface area (Å²) < 4.78 is 0. The van der Waals surface area contributed by atoms with Gasteiger partial charge in [-0.05, 0) is 36.8 Å². The smallest absolute Gasteiger partial charge is 0.00542 e. The zero-order valence-electron chi connectivity index (χ0n) is 14.5. The zero-order chi connectivity index (χ0) is 16.5.